The van der Waals surface area contributed by atoms with Crippen LogP contribution in [0.5, 0.6) is 0 Å². The van der Waals surface area contributed by atoms with Gasteiger partial charge in [-0.25, -0.2) is 0 Å². The molecule has 0 amide bonds. The first-order valence-corrected chi connectivity index (χ1v) is 5.91. The van der Waals surface area contributed by atoms with E-state index in [0.717, 1.165) is 11.1 Å². The SMILES string of the molecule is Nc1cccc(Cc2cccc(N)c2Cl)c1Cl. The number of anilines is 2. The van der Waals surface area contributed by atoms with Gasteiger partial charge in [-0.05, 0) is 23.3 Å². The van der Waals surface area contributed by atoms with Crippen molar-refractivity contribution in [1.82, 2.24) is 0 Å². The fourth-order valence-corrected chi connectivity index (χ4v) is 2.06. The summed E-state index contributed by atoms with van der Waals surface area (Å²) < 4.78 is 0. The van der Waals surface area contributed by atoms with E-state index in [0.29, 0.717) is 27.8 Å². The lowest BCUT2D eigenvalue weighted by molar-refractivity contribution is 1.20. The Morgan fingerprint density at radius 3 is 1.59 bits per heavy atom. The fourth-order valence-electron chi connectivity index (χ4n) is 1.68. The highest BCUT2D eigenvalue weighted by Crippen LogP contribution is 2.29. The first-order chi connectivity index (χ1) is 8.09. The molecule has 0 saturated carbocycles. The van der Waals surface area contributed by atoms with Gasteiger partial charge in [0.1, 0.15) is 0 Å². The van der Waals surface area contributed by atoms with Gasteiger partial charge in [0.05, 0.1) is 21.4 Å². The molecule has 4 N–H and O–H groups in total. The molecular formula is C13H12Cl2N2. The minimum absolute atomic E-state index is 0.573. The molecule has 88 valence electrons. The van der Waals surface area contributed by atoms with Crippen molar-refractivity contribution in [2.45, 2.75) is 6.42 Å². The lowest BCUT2D eigenvalue weighted by Crippen LogP contribution is -1.96. The zero-order chi connectivity index (χ0) is 12.4. The van der Waals surface area contributed by atoms with E-state index in [9.17, 15) is 0 Å². The van der Waals surface area contributed by atoms with Crippen LogP contribution in [0.15, 0.2) is 36.4 Å². The molecule has 0 spiro atoms. The molecule has 0 aliphatic rings. The number of nitrogen functional groups attached to an aromatic ring is 2. The van der Waals surface area contributed by atoms with E-state index in [1.54, 1.807) is 12.1 Å². The number of hydrogen-bond acceptors (Lipinski definition) is 2. The molecule has 0 aliphatic carbocycles. The van der Waals surface area contributed by atoms with Crippen LogP contribution in [0, 0.1) is 0 Å². The Hall–Kier alpha value is -1.38. The average Bonchev–Trinajstić information content (AvgIpc) is 2.31. The predicted molar refractivity (Wildman–Crippen MR) is 74.5 cm³/mol. The van der Waals surface area contributed by atoms with Crippen molar-refractivity contribution >= 4 is 34.6 Å². The standard InChI is InChI=1S/C13H12Cl2N2/c14-12-8(3-1-5-10(12)16)7-9-4-2-6-11(17)13(9)15/h1-6H,7,16-17H2. The molecule has 2 aromatic carbocycles. The molecule has 0 atom stereocenters. The van der Waals surface area contributed by atoms with Crippen molar-refractivity contribution in [1.29, 1.82) is 0 Å². The van der Waals surface area contributed by atoms with Crippen LogP contribution in [0.1, 0.15) is 11.1 Å². The van der Waals surface area contributed by atoms with Crippen molar-refractivity contribution in [3.63, 3.8) is 0 Å². The third-order valence-corrected chi connectivity index (χ3v) is 3.52. The van der Waals surface area contributed by atoms with Crippen molar-refractivity contribution < 1.29 is 0 Å². The molecule has 0 aliphatic heterocycles. The first kappa shape index (κ1) is 12.1. The normalized spacial score (nSPS) is 10.5. The lowest BCUT2D eigenvalue weighted by atomic mass is 10.0. The van der Waals surface area contributed by atoms with Crippen molar-refractivity contribution in [3.05, 3.63) is 57.6 Å². The number of benzene rings is 2. The number of halogens is 2. The lowest BCUT2D eigenvalue weighted by Gasteiger charge is -2.09. The summed E-state index contributed by atoms with van der Waals surface area (Å²) in [6.45, 7) is 0. The number of nitrogens with two attached hydrogens (primary N) is 2. The van der Waals surface area contributed by atoms with Crippen LogP contribution in [0.25, 0.3) is 0 Å². The molecule has 0 unspecified atom stereocenters. The highest BCUT2D eigenvalue weighted by Gasteiger charge is 2.08. The fraction of sp³-hybridized carbons (Fsp3) is 0.0769. The molecule has 0 bridgehead atoms. The molecule has 0 heterocycles. The van der Waals surface area contributed by atoms with Gasteiger partial charge in [0.2, 0.25) is 0 Å². The second kappa shape index (κ2) is 4.86. The summed E-state index contributed by atoms with van der Waals surface area (Å²) in [5, 5.41) is 1.15. The second-order valence-electron chi connectivity index (χ2n) is 3.82. The minimum atomic E-state index is 0.573. The van der Waals surface area contributed by atoms with Crippen LogP contribution in [-0.4, -0.2) is 0 Å². The highest BCUT2D eigenvalue weighted by atomic mass is 35.5. The average molecular weight is 267 g/mol. The van der Waals surface area contributed by atoms with Crippen molar-refractivity contribution in [3.8, 4) is 0 Å². The Kier molecular flexibility index (Phi) is 3.46. The quantitative estimate of drug-likeness (QED) is 0.814. The molecule has 4 heteroatoms. The van der Waals surface area contributed by atoms with Crippen LogP contribution in [0.4, 0.5) is 11.4 Å². The van der Waals surface area contributed by atoms with Gasteiger partial charge in [0, 0.05) is 6.42 Å². The molecule has 2 aromatic rings. The van der Waals surface area contributed by atoms with Gasteiger partial charge >= 0.3 is 0 Å². The maximum Gasteiger partial charge on any atom is 0.0670 e. The molecule has 0 radical (unpaired) electrons. The third kappa shape index (κ3) is 2.48. The van der Waals surface area contributed by atoms with E-state index < -0.39 is 0 Å². The van der Waals surface area contributed by atoms with Crippen molar-refractivity contribution in [2.75, 3.05) is 11.5 Å². The molecular weight excluding hydrogens is 255 g/mol. The topological polar surface area (TPSA) is 52.0 Å². The van der Waals surface area contributed by atoms with Crippen molar-refractivity contribution in [2.24, 2.45) is 0 Å². The number of rotatable bonds is 2. The second-order valence-corrected chi connectivity index (χ2v) is 4.57. The summed E-state index contributed by atoms with van der Waals surface area (Å²) in [5.41, 5.74) is 14.5. The van der Waals surface area contributed by atoms with E-state index in [4.69, 9.17) is 34.7 Å². The minimum Gasteiger partial charge on any atom is -0.398 e. The summed E-state index contributed by atoms with van der Waals surface area (Å²) in [4.78, 5) is 0. The van der Waals surface area contributed by atoms with Crippen LogP contribution in [-0.2, 0) is 6.42 Å². The summed E-state index contributed by atoms with van der Waals surface area (Å²) in [5.74, 6) is 0. The zero-order valence-electron chi connectivity index (χ0n) is 9.08. The summed E-state index contributed by atoms with van der Waals surface area (Å²) in [6.07, 6.45) is 0.619. The maximum atomic E-state index is 6.14. The van der Waals surface area contributed by atoms with Gasteiger partial charge in [0.25, 0.3) is 0 Å². The van der Waals surface area contributed by atoms with Crippen LogP contribution >= 0.6 is 23.2 Å². The Labute approximate surface area is 110 Å². The van der Waals surface area contributed by atoms with Crippen LogP contribution in [0.2, 0.25) is 10.0 Å². The molecule has 0 saturated heterocycles. The molecule has 17 heavy (non-hydrogen) atoms. The van der Waals surface area contributed by atoms with Gasteiger partial charge in [-0.1, -0.05) is 47.5 Å². The Morgan fingerprint density at radius 1 is 0.765 bits per heavy atom. The Balaban J connectivity index is 2.38. The Bertz CT molecular complexity index is 504. The molecule has 2 rings (SSSR count). The van der Waals surface area contributed by atoms with Gasteiger partial charge < -0.3 is 11.5 Å². The monoisotopic (exact) mass is 266 g/mol. The first-order valence-electron chi connectivity index (χ1n) is 5.15. The number of hydrogen-bond donors (Lipinski definition) is 2. The molecule has 2 nitrogen and oxygen atoms in total. The van der Waals surface area contributed by atoms with Crippen LogP contribution in [0.3, 0.4) is 0 Å². The van der Waals surface area contributed by atoms with E-state index >= 15 is 0 Å². The van der Waals surface area contributed by atoms with Gasteiger partial charge in [-0.2, -0.15) is 0 Å². The smallest absolute Gasteiger partial charge is 0.0670 e. The van der Waals surface area contributed by atoms with Gasteiger partial charge in [-0.15, -0.1) is 0 Å². The summed E-state index contributed by atoms with van der Waals surface area (Å²) in [7, 11) is 0. The van der Waals surface area contributed by atoms with E-state index in [1.807, 2.05) is 24.3 Å². The highest BCUT2D eigenvalue weighted by molar-refractivity contribution is 6.34. The summed E-state index contributed by atoms with van der Waals surface area (Å²) in [6, 6.07) is 11.1. The third-order valence-electron chi connectivity index (χ3n) is 2.60. The van der Waals surface area contributed by atoms with Gasteiger partial charge in [-0.3, -0.25) is 0 Å². The maximum absolute atomic E-state index is 6.14. The van der Waals surface area contributed by atoms with Gasteiger partial charge in [0.15, 0.2) is 0 Å². The van der Waals surface area contributed by atoms with E-state index in [-0.39, 0.29) is 0 Å². The Morgan fingerprint density at radius 2 is 1.18 bits per heavy atom. The summed E-state index contributed by atoms with van der Waals surface area (Å²) >= 11 is 12.3. The van der Waals surface area contributed by atoms with Crippen LogP contribution < -0.4 is 11.5 Å². The zero-order valence-corrected chi connectivity index (χ0v) is 10.6. The van der Waals surface area contributed by atoms with E-state index in [2.05, 4.69) is 0 Å². The largest absolute Gasteiger partial charge is 0.398 e. The molecule has 0 fully saturated rings. The molecule has 0 aromatic heterocycles. The predicted octanol–water partition coefficient (Wildman–Crippen LogP) is 3.75. The van der Waals surface area contributed by atoms with E-state index in [1.165, 1.54) is 0 Å².